The van der Waals surface area contributed by atoms with E-state index in [9.17, 15) is 0 Å². The quantitative estimate of drug-likeness (QED) is 0.924. The molecule has 0 spiro atoms. The molecule has 2 atom stereocenters. The van der Waals surface area contributed by atoms with Crippen LogP contribution in [0.3, 0.4) is 0 Å². The molecule has 4 fully saturated rings. The molecule has 3 heteroatoms. The standard InChI is InChI=1S/C18H27N3/c1-16-4-13-5-17(2,10-16)12-18(6-13,11-16)15-20-8-14(7-19-3)9-21-15/h8-9,13,19H,4-7,10-12H2,1-3H3. The van der Waals surface area contributed by atoms with Crippen LogP contribution in [0.2, 0.25) is 0 Å². The first-order valence-corrected chi connectivity index (χ1v) is 8.40. The number of hydrogen-bond acceptors (Lipinski definition) is 3. The molecule has 1 aromatic rings. The molecular formula is C18H27N3. The van der Waals surface area contributed by atoms with Crippen molar-refractivity contribution in [3.05, 3.63) is 23.8 Å². The van der Waals surface area contributed by atoms with Gasteiger partial charge in [-0.3, -0.25) is 0 Å². The zero-order valence-electron chi connectivity index (χ0n) is 13.6. The normalized spacial score (nSPS) is 44.2. The summed E-state index contributed by atoms with van der Waals surface area (Å²) in [5.41, 5.74) is 2.51. The average molecular weight is 285 g/mol. The molecule has 0 aromatic carbocycles. The van der Waals surface area contributed by atoms with Crippen LogP contribution in [-0.4, -0.2) is 17.0 Å². The summed E-state index contributed by atoms with van der Waals surface area (Å²) in [6.07, 6.45) is 12.3. The van der Waals surface area contributed by atoms with E-state index in [0.717, 1.165) is 18.3 Å². The topological polar surface area (TPSA) is 37.8 Å². The van der Waals surface area contributed by atoms with E-state index in [-0.39, 0.29) is 5.41 Å². The Morgan fingerprint density at radius 3 is 2.19 bits per heavy atom. The largest absolute Gasteiger partial charge is 0.316 e. The van der Waals surface area contributed by atoms with Gasteiger partial charge in [0.25, 0.3) is 0 Å². The van der Waals surface area contributed by atoms with E-state index in [1.54, 1.807) is 0 Å². The molecule has 21 heavy (non-hydrogen) atoms. The summed E-state index contributed by atoms with van der Waals surface area (Å²) in [6, 6.07) is 0. The molecule has 4 aliphatic rings. The number of aromatic nitrogens is 2. The molecule has 2 unspecified atom stereocenters. The van der Waals surface area contributed by atoms with Gasteiger partial charge in [-0.05, 0) is 62.3 Å². The third kappa shape index (κ3) is 2.12. The maximum Gasteiger partial charge on any atom is 0.134 e. The molecule has 4 saturated carbocycles. The summed E-state index contributed by atoms with van der Waals surface area (Å²) in [7, 11) is 1.97. The molecule has 114 valence electrons. The zero-order valence-corrected chi connectivity index (χ0v) is 13.6. The van der Waals surface area contributed by atoms with Crippen LogP contribution >= 0.6 is 0 Å². The van der Waals surface area contributed by atoms with Crippen molar-refractivity contribution in [2.75, 3.05) is 7.05 Å². The Balaban J connectivity index is 1.70. The molecule has 0 saturated heterocycles. The minimum atomic E-state index is 0.265. The highest BCUT2D eigenvalue weighted by atomic mass is 14.9. The van der Waals surface area contributed by atoms with E-state index < -0.39 is 0 Å². The van der Waals surface area contributed by atoms with Crippen molar-refractivity contribution >= 4 is 0 Å². The number of nitrogens with one attached hydrogen (secondary N) is 1. The Morgan fingerprint density at radius 1 is 1.05 bits per heavy atom. The lowest BCUT2D eigenvalue weighted by Crippen LogP contribution is -2.57. The van der Waals surface area contributed by atoms with E-state index in [4.69, 9.17) is 9.97 Å². The van der Waals surface area contributed by atoms with Crippen LogP contribution in [-0.2, 0) is 12.0 Å². The molecule has 0 aliphatic heterocycles. The van der Waals surface area contributed by atoms with Crippen molar-refractivity contribution in [3.8, 4) is 0 Å². The fourth-order valence-electron chi connectivity index (χ4n) is 6.62. The van der Waals surface area contributed by atoms with Crippen molar-refractivity contribution in [1.82, 2.24) is 15.3 Å². The van der Waals surface area contributed by atoms with Crippen LogP contribution in [0.1, 0.15) is 63.8 Å². The first-order chi connectivity index (χ1) is 9.94. The maximum atomic E-state index is 4.80. The second-order valence-electron chi connectivity index (χ2n) is 8.86. The Labute approximate surface area is 128 Å². The van der Waals surface area contributed by atoms with Gasteiger partial charge < -0.3 is 5.32 Å². The van der Waals surface area contributed by atoms with Gasteiger partial charge in [-0.2, -0.15) is 0 Å². The summed E-state index contributed by atoms with van der Waals surface area (Å²) in [4.78, 5) is 9.60. The highest BCUT2D eigenvalue weighted by Crippen LogP contribution is 2.69. The van der Waals surface area contributed by atoms with Crippen LogP contribution in [0, 0.1) is 16.7 Å². The van der Waals surface area contributed by atoms with Crippen LogP contribution in [0.15, 0.2) is 12.4 Å². The summed E-state index contributed by atoms with van der Waals surface area (Å²) in [5.74, 6) is 2.03. The van der Waals surface area contributed by atoms with Gasteiger partial charge in [0.1, 0.15) is 5.82 Å². The third-order valence-corrected chi connectivity index (χ3v) is 6.19. The minimum Gasteiger partial charge on any atom is -0.316 e. The average Bonchev–Trinajstić information content (AvgIpc) is 2.35. The Morgan fingerprint density at radius 2 is 1.67 bits per heavy atom. The lowest BCUT2D eigenvalue weighted by atomic mass is 9.40. The molecule has 1 N–H and O–H groups in total. The monoisotopic (exact) mass is 285 g/mol. The van der Waals surface area contributed by atoms with Gasteiger partial charge in [0.15, 0.2) is 0 Å². The molecule has 0 radical (unpaired) electrons. The SMILES string of the molecule is CNCc1cnc(C23CC4CC(C)(CC(C)(C4)C2)C3)nc1. The third-order valence-electron chi connectivity index (χ3n) is 6.19. The van der Waals surface area contributed by atoms with Crippen molar-refractivity contribution in [1.29, 1.82) is 0 Å². The second kappa shape index (κ2) is 4.28. The molecular weight excluding hydrogens is 258 g/mol. The van der Waals surface area contributed by atoms with Gasteiger partial charge in [0, 0.05) is 29.9 Å². The van der Waals surface area contributed by atoms with Crippen molar-refractivity contribution < 1.29 is 0 Å². The van der Waals surface area contributed by atoms with Gasteiger partial charge in [0.2, 0.25) is 0 Å². The highest BCUT2D eigenvalue weighted by molar-refractivity contribution is 5.22. The lowest BCUT2D eigenvalue weighted by molar-refractivity contribution is -0.112. The van der Waals surface area contributed by atoms with Gasteiger partial charge in [-0.15, -0.1) is 0 Å². The molecule has 5 rings (SSSR count). The lowest BCUT2D eigenvalue weighted by Gasteiger charge is -2.64. The summed E-state index contributed by atoms with van der Waals surface area (Å²) in [6.45, 7) is 5.88. The number of nitrogens with zero attached hydrogens (tertiary/aromatic N) is 2. The Bertz CT molecular complexity index is 532. The number of hydrogen-bond donors (Lipinski definition) is 1. The van der Waals surface area contributed by atoms with Gasteiger partial charge in [-0.1, -0.05) is 13.8 Å². The van der Waals surface area contributed by atoms with Crippen LogP contribution < -0.4 is 5.32 Å². The van der Waals surface area contributed by atoms with E-state index in [1.165, 1.54) is 44.1 Å². The molecule has 1 aromatic heterocycles. The molecule has 4 aliphatic carbocycles. The summed E-state index contributed by atoms with van der Waals surface area (Å²) < 4.78 is 0. The summed E-state index contributed by atoms with van der Waals surface area (Å²) >= 11 is 0. The van der Waals surface area contributed by atoms with Gasteiger partial charge in [0.05, 0.1) is 0 Å². The van der Waals surface area contributed by atoms with Crippen molar-refractivity contribution in [2.24, 2.45) is 16.7 Å². The van der Waals surface area contributed by atoms with Crippen molar-refractivity contribution in [3.63, 3.8) is 0 Å². The van der Waals surface area contributed by atoms with Gasteiger partial charge in [-0.25, -0.2) is 9.97 Å². The fourth-order valence-corrected chi connectivity index (χ4v) is 6.62. The smallest absolute Gasteiger partial charge is 0.134 e. The Hall–Kier alpha value is -0.960. The summed E-state index contributed by atoms with van der Waals surface area (Å²) in [5, 5.41) is 3.17. The van der Waals surface area contributed by atoms with Crippen LogP contribution in [0.25, 0.3) is 0 Å². The predicted molar refractivity (Wildman–Crippen MR) is 83.9 cm³/mol. The molecule has 0 amide bonds. The predicted octanol–water partition coefficient (Wildman–Crippen LogP) is 3.44. The van der Waals surface area contributed by atoms with E-state index >= 15 is 0 Å². The maximum absolute atomic E-state index is 4.80. The van der Waals surface area contributed by atoms with Crippen LogP contribution in [0.4, 0.5) is 0 Å². The Kier molecular flexibility index (Phi) is 2.79. The zero-order chi connectivity index (χ0) is 14.7. The first kappa shape index (κ1) is 13.7. The highest BCUT2D eigenvalue weighted by Gasteiger charge is 2.61. The van der Waals surface area contributed by atoms with E-state index in [2.05, 4.69) is 19.2 Å². The van der Waals surface area contributed by atoms with E-state index in [1.807, 2.05) is 19.4 Å². The molecule has 3 nitrogen and oxygen atoms in total. The minimum absolute atomic E-state index is 0.265. The molecule has 4 bridgehead atoms. The fraction of sp³-hybridized carbons (Fsp3) is 0.778. The van der Waals surface area contributed by atoms with E-state index in [0.29, 0.717) is 10.8 Å². The molecule has 1 heterocycles. The first-order valence-electron chi connectivity index (χ1n) is 8.40. The second-order valence-corrected chi connectivity index (χ2v) is 8.86. The number of rotatable bonds is 3. The van der Waals surface area contributed by atoms with Crippen LogP contribution in [0.5, 0.6) is 0 Å². The van der Waals surface area contributed by atoms with Crippen molar-refractivity contribution in [2.45, 2.75) is 64.3 Å². The van der Waals surface area contributed by atoms with Gasteiger partial charge >= 0.3 is 0 Å².